The van der Waals surface area contributed by atoms with Crippen LogP contribution in [0.25, 0.3) is 0 Å². The quantitative estimate of drug-likeness (QED) is 0.678. The Kier molecular flexibility index (Phi) is 5.33. The molecular weight excluding hydrogens is 348 g/mol. The number of aromatic carboxylic acids is 1. The van der Waals surface area contributed by atoms with E-state index < -0.39 is 5.97 Å². The third-order valence-corrected chi connectivity index (χ3v) is 5.88. The van der Waals surface area contributed by atoms with E-state index in [2.05, 4.69) is 56.6 Å². The zero-order valence-electron chi connectivity index (χ0n) is 17.7. The lowest BCUT2D eigenvalue weighted by Gasteiger charge is -2.47. The molecule has 1 aliphatic heterocycles. The Bertz CT molecular complexity index is 944. The summed E-state index contributed by atoms with van der Waals surface area (Å²) in [6.07, 6.45) is 3.03. The zero-order valence-corrected chi connectivity index (χ0v) is 17.7. The van der Waals surface area contributed by atoms with Crippen molar-refractivity contribution in [3.8, 4) is 0 Å². The Labute approximate surface area is 167 Å². The van der Waals surface area contributed by atoms with Crippen molar-refractivity contribution in [3.05, 3.63) is 58.1 Å². The van der Waals surface area contributed by atoms with Crippen molar-refractivity contribution >= 4 is 23.6 Å². The first-order valence-electron chi connectivity index (χ1n) is 9.94. The predicted molar refractivity (Wildman–Crippen MR) is 117 cm³/mol. The Hall–Kier alpha value is -2.62. The number of benzene rings is 2. The van der Waals surface area contributed by atoms with Crippen LogP contribution >= 0.6 is 0 Å². The molecule has 0 spiro atoms. The van der Waals surface area contributed by atoms with Gasteiger partial charge in [-0.1, -0.05) is 6.92 Å². The summed E-state index contributed by atoms with van der Waals surface area (Å²) in [4.78, 5) is 18.3. The van der Waals surface area contributed by atoms with Crippen molar-refractivity contribution in [1.29, 1.82) is 0 Å². The lowest BCUT2D eigenvalue weighted by Crippen LogP contribution is -2.48. The van der Waals surface area contributed by atoms with E-state index in [1.165, 1.54) is 16.8 Å². The average Bonchev–Trinajstić information content (AvgIpc) is 2.60. The summed E-state index contributed by atoms with van der Waals surface area (Å²) in [5.74, 6) is -0.418. The number of carboxylic acid groups (broad SMARTS) is 1. The molecule has 4 nitrogen and oxygen atoms in total. The van der Waals surface area contributed by atoms with Crippen molar-refractivity contribution in [2.75, 3.05) is 11.4 Å². The van der Waals surface area contributed by atoms with Crippen LogP contribution in [0.5, 0.6) is 0 Å². The van der Waals surface area contributed by atoms with Crippen LogP contribution in [-0.4, -0.2) is 29.4 Å². The number of nitrogens with zero attached hydrogens (tertiary/aromatic N) is 2. The number of carbonyl (C=O) groups is 1. The van der Waals surface area contributed by atoms with Gasteiger partial charge in [-0.25, -0.2) is 4.79 Å². The number of aryl methyl sites for hydroxylation is 2. The number of hydrogen-bond donors (Lipinski definition) is 1. The first-order valence-corrected chi connectivity index (χ1v) is 9.94. The molecule has 1 heterocycles. The summed E-state index contributed by atoms with van der Waals surface area (Å²) in [5, 5.41) is 9.12. The van der Waals surface area contributed by atoms with Crippen molar-refractivity contribution < 1.29 is 9.90 Å². The number of fused-ring (bicyclic) bond motifs is 1. The molecule has 4 heteroatoms. The fraction of sp³-hybridized carbons (Fsp3) is 0.417. The molecule has 2 aromatic rings. The summed E-state index contributed by atoms with van der Waals surface area (Å²) < 4.78 is 0. The van der Waals surface area contributed by atoms with Crippen molar-refractivity contribution in [2.24, 2.45) is 4.99 Å². The molecular formula is C24H30N2O2. The van der Waals surface area contributed by atoms with Gasteiger partial charge in [0.15, 0.2) is 0 Å². The third kappa shape index (κ3) is 3.68. The van der Waals surface area contributed by atoms with Crippen molar-refractivity contribution in [1.82, 2.24) is 0 Å². The molecule has 0 aliphatic carbocycles. The number of aliphatic imine (C=N–C) groups is 1. The minimum absolute atomic E-state index is 0.159. The zero-order chi connectivity index (χ0) is 20.6. The highest BCUT2D eigenvalue weighted by Gasteiger charge is 2.35. The van der Waals surface area contributed by atoms with E-state index in [0.717, 1.165) is 29.8 Å². The summed E-state index contributed by atoms with van der Waals surface area (Å²) in [6, 6.07) is 9.60. The van der Waals surface area contributed by atoms with Gasteiger partial charge < -0.3 is 10.0 Å². The molecule has 1 N–H and O–H groups in total. The maximum atomic E-state index is 11.1. The lowest BCUT2D eigenvalue weighted by molar-refractivity contribution is 0.0697. The second-order valence-corrected chi connectivity index (χ2v) is 8.49. The number of carboxylic acids is 1. The van der Waals surface area contributed by atoms with E-state index >= 15 is 0 Å². The SMILES string of the molecule is CCN1c2cc(C)c(C=Nc3ccc(C(=O)O)cc3C)cc2C(C)CC1(C)C. The molecule has 0 aromatic heterocycles. The normalized spacial score (nSPS) is 18.4. The van der Waals surface area contributed by atoms with Crippen LogP contribution in [0, 0.1) is 13.8 Å². The van der Waals surface area contributed by atoms with Crippen molar-refractivity contribution in [3.63, 3.8) is 0 Å². The van der Waals surface area contributed by atoms with Crippen molar-refractivity contribution in [2.45, 2.75) is 59.4 Å². The van der Waals surface area contributed by atoms with Crippen LogP contribution in [0.3, 0.4) is 0 Å². The van der Waals surface area contributed by atoms with E-state index in [9.17, 15) is 4.79 Å². The summed E-state index contributed by atoms with van der Waals surface area (Å²) in [6.45, 7) is 14.2. The molecule has 28 heavy (non-hydrogen) atoms. The molecule has 1 aliphatic rings. The van der Waals surface area contributed by atoms with Crippen LogP contribution in [0.15, 0.2) is 35.3 Å². The van der Waals surface area contributed by atoms with Gasteiger partial charge in [-0.15, -0.1) is 0 Å². The summed E-state index contributed by atoms with van der Waals surface area (Å²) >= 11 is 0. The number of rotatable bonds is 4. The first kappa shape index (κ1) is 20.1. The van der Waals surface area contributed by atoms with E-state index in [1.807, 2.05) is 13.1 Å². The molecule has 0 fully saturated rings. The molecule has 3 rings (SSSR count). The monoisotopic (exact) mass is 378 g/mol. The topological polar surface area (TPSA) is 52.9 Å². The Balaban J connectivity index is 1.98. The van der Waals surface area contributed by atoms with Crippen LogP contribution in [0.1, 0.15) is 72.6 Å². The minimum atomic E-state index is -0.915. The molecule has 0 bridgehead atoms. The fourth-order valence-corrected chi connectivity index (χ4v) is 4.46. The number of hydrogen-bond acceptors (Lipinski definition) is 3. The van der Waals surface area contributed by atoms with Gasteiger partial charge in [0.1, 0.15) is 0 Å². The van der Waals surface area contributed by atoms with Gasteiger partial charge in [-0.3, -0.25) is 4.99 Å². The predicted octanol–water partition coefficient (Wildman–Crippen LogP) is 5.86. The van der Waals surface area contributed by atoms with E-state index in [4.69, 9.17) is 5.11 Å². The van der Waals surface area contributed by atoms with Gasteiger partial charge in [0.05, 0.1) is 11.3 Å². The number of anilines is 1. The molecule has 1 atom stereocenters. The molecule has 2 aromatic carbocycles. The fourth-order valence-electron chi connectivity index (χ4n) is 4.46. The maximum Gasteiger partial charge on any atom is 0.335 e. The first-order chi connectivity index (χ1) is 13.1. The maximum absolute atomic E-state index is 11.1. The van der Waals surface area contributed by atoms with Gasteiger partial charge in [0.2, 0.25) is 0 Å². The third-order valence-electron chi connectivity index (χ3n) is 5.88. The van der Waals surface area contributed by atoms with Gasteiger partial charge in [0.25, 0.3) is 0 Å². The van der Waals surface area contributed by atoms with E-state index in [0.29, 0.717) is 5.92 Å². The second kappa shape index (κ2) is 7.42. The van der Waals surface area contributed by atoms with E-state index in [1.54, 1.807) is 18.2 Å². The molecule has 0 radical (unpaired) electrons. The molecule has 0 saturated carbocycles. The second-order valence-electron chi connectivity index (χ2n) is 8.49. The molecule has 0 amide bonds. The van der Waals surface area contributed by atoms with Gasteiger partial charge in [-0.05, 0) is 99.5 Å². The van der Waals surface area contributed by atoms with Crippen LogP contribution in [0.4, 0.5) is 11.4 Å². The molecule has 0 saturated heterocycles. The highest BCUT2D eigenvalue weighted by atomic mass is 16.4. The smallest absolute Gasteiger partial charge is 0.335 e. The van der Waals surface area contributed by atoms with Gasteiger partial charge >= 0.3 is 5.97 Å². The highest BCUT2D eigenvalue weighted by molar-refractivity contribution is 5.89. The van der Waals surface area contributed by atoms with Gasteiger partial charge in [-0.2, -0.15) is 0 Å². The Morgan fingerprint density at radius 2 is 1.96 bits per heavy atom. The highest BCUT2D eigenvalue weighted by Crippen LogP contribution is 2.44. The molecule has 148 valence electrons. The summed E-state index contributed by atoms with van der Waals surface area (Å²) in [7, 11) is 0. The van der Waals surface area contributed by atoms with Crippen LogP contribution in [-0.2, 0) is 0 Å². The average molecular weight is 379 g/mol. The minimum Gasteiger partial charge on any atom is -0.478 e. The van der Waals surface area contributed by atoms with Crippen LogP contribution in [0.2, 0.25) is 0 Å². The van der Waals surface area contributed by atoms with Crippen LogP contribution < -0.4 is 4.90 Å². The molecule has 1 unspecified atom stereocenters. The van der Waals surface area contributed by atoms with E-state index in [-0.39, 0.29) is 11.1 Å². The largest absolute Gasteiger partial charge is 0.478 e. The standard InChI is InChI=1S/C24H30N2O2/c1-7-26-22-11-15(2)19(12-20(22)17(4)13-24(26,5)6)14-25-21-9-8-18(23(27)28)10-16(21)3/h8-12,14,17H,7,13H2,1-6H3,(H,27,28). The Morgan fingerprint density at radius 1 is 1.25 bits per heavy atom. The Morgan fingerprint density at radius 3 is 2.57 bits per heavy atom. The lowest BCUT2D eigenvalue weighted by atomic mass is 9.79. The summed E-state index contributed by atoms with van der Waals surface area (Å²) in [5.41, 5.74) is 7.14. The van der Waals surface area contributed by atoms with Gasteiger partial charge in [0, 0.05) is 24.0 Å².